The highest BCUT2D eigenvalue weighted by Gasteiger charge is 2.15. The van der Waals surface area contributed by atoms with Gasteiger partial charge in [-0.3, -0.25) is 0 Å². The van der Waals surface area contributed by atoms with Crippen LogP contribution in [0.25, 0.3) is 34.2 Å². The molecule has 3 aromatic carbocycles. The monoisotopic (exact) mass is 351 g/mol. The highest BCUT2D eigenvalue weighted by molar-refractivity contribution is 5.70. The van der Waals surface area contributed by atoms with Crippen molar-refractivity contribution in [3.63, 3.8) is 0 Å². The molecule has 0 unspecified atom stereocenters. The summed E-state index contributed by atoms with van der Waals surface area (Å²) in [7, 11) is 0. The highest BCUT2D eigenvalue weighted by Crippen LogP contribution is 2.28. The molecule has 0 aliphatic heterocycles. The van der Waals surface area contributed by atoms with Gasteiger partial charge in [-0.25, -0.2) is 15.0 Å². The lowest BCUT2D eigenvalue weighted by Gasteiger charge is -2.12. The first-order chi connectivity index (χ1) is 13.1. The molecule has 4 aromatic rings. The number of rotatable bonds is 3. The number of aryl methyl sites for hydroxylation is 3. The maximum Gasteiger partial charge on any atom is 0.164 e. The number of aromatic nitrogens is 3. The maximum atomic E-state index is 4.83. The van der Waals surface area contributed by atoms with Gasteiger partial charge in [-0.1, -0.05) is 72.8 Å². The van der Waals surface area contributed by atoms with Crippen molar-refractivity contribution in [2.45, 2.75) is 20.8 Å². The molecule has 27 heavy (non-hydrogen) atoms. The third-order valence-electron chi connectivity index (χ3n) is 4.79. The zero-order valence-corrected chi connectivity index (χ0v) is 15.8. The number of nitrogens with zero attached hydrogens (tertiary/aromatic N) is 3. The van der Waals surface area contributed by atoms with Crippen molar-refractivity contribution in [1.82, 2.24) is 15.0 Å². The first-order valence-electron chi connectivity index (χ1n) is 9.07. The van der Waals surface area contributed by atoms with Gasteiger partial charge in [0.2, 0.25) is 0 Å². The van der Waals surface area contributed by atoms with E-state index in [4.69, 9.17) is 15.0 Å². The molecule has 1 heterocycles. The summed E-state index contributed by atoms with van der Waals surface area (Å²) in [6.07, 6.45) is 0. The molecule has 0 saturated carbocycles. The SMILES string of the molecule is Cc1ccccc1-c1nc(-c2ccccc2C)nc(-c2ccccc2C)n1. The van der Waals surface area contributed by atoms with E-state index < -0.39 is 0 Å². The molecule has 3 heteroatoms. The van der Waals surface area contributed by atoms with Gasteiger partial charge in [0.25, 0.3) is 0 Å². The van der Waals surface area contributed by atoms with Gasteiger partial charge in [0.1, 0.15) is 0 Å². The Morgan fingerprint density at radius 3 is 0.926 bits per heavy atom. The molecule has 0 spiro atoms. The van der Waals surface area contributed by atoms with Crippen LogP contribution >= 0.6 is 0 Å². The van der Waals surface area contributed by atoms with Crippen molar-refractivity contribution < 1.29 is 0 Å². The predicted octanol–water partition coefficient (Wildman–Crippen LogP) is 5.80. The van der Waals surface area contributed by atoms with Crippen LogP contribution in [0.5, 0.6) is 0 Å². The molecule has 0 aliphatic carbocycles. The minimum atomic E-state index is 0.708. The Hall–Kier alpha value is -3.33. The van der Waals surface area contributed by atoms with Crippen LogP contribution in [-0.2, 0) is 0 Å². The third kappa shape index (κ3) is 3.36. The molecular formula is C24H21N3. The van der Waals surface area contributed by atoms with Gasteiger partial charge in [0, 0.05) is 16.7 Å². The molecule has 3 nitrogen and oxygen atoms in total. The van der Waals surface area contributed by atoms with E-state index in [9.17, 15) is 0 Å². The summed E-state index contributed by atoms with van der Waals surface area (Å²) in [5.74, 6) is 2.12. The highest BCUT2D eigenvalue weighted by atomic mass is 15.0. The van der Waals surface area contributed by atoms with Crippen molar-refractivity contribution in [2.75, 3.05) is 0 Å². The van der Waals surface area contributed by atoms with Crippen molar-refractivity contribution in [1.29, 1.82) is 0 Å². The van der Waals surface area contributed by atoms with Crippen LogP contribution in [0.3, 0.4) is 0 Å². The van der Waals surface area contributed by atoms with Crippen LogP contribution in [-0.4, -0.2) is 15.0 Å². The fourth-order valence-electron chi connectivity index (χ4n) is 3.21. The summed E-state index contributed by atoms with van der Waals surface area (Å²) in [6, 6.07) is 24.6. The zero-order valence-electron chi connectivity index (χ0n) is 15.8. The smallest absolute Gasteiger partial charge is 0.164 e. The molecule has 0 bridgehead atoms. The first kappa shape index (κ1) is 17.1. The quantitative estimate of drug-likeness (QED) is 0.468. The van der Waals surface area contributed by atoms with E-state index in [2.05, 4.69) is 57.2 Å². The molecule has 0 fully saturated rings. The topological polar surface area (TPSA) is 38.7 Å². The summed E-state index contributed by atoms with van der Waals surface area (Å²) in [5, 5.41) is 0. The fraction of sp³-hybridized carbons (Fsp3) is 0.125. The average molecular weight is 351 g/mol. The minimum absolute atomic E-state index is 0.708. The van der Waals surface area contributed by atoms with Gasteiger partial charge in [-0.05, 0) is 37.5 Å². The number of benzene rings is 3. The second-order valence-electron chi connectivity index (χ2n) is 6.75. The second-order valence-corrected chi connectivity index (χ2v) is 6.75. The Balaban J connectivity index is 1.99. The minimum Gasteiger partial charge on any atom is -0.208 e. The van der Waals surface area contributed by atoms with Crippen LogP contribution in [0, 0.1) is 20.8 Å². The molecule has 0 N–H and O–H groups in total. The molecule has 0 radical (unpaired) electrons. The summed E-state index contributed by atoms with van der Waals surface area (Å²) < 4.78 is 0. The molecule has 132 valence electrons. The molecule has 4 rings (SSSR count). The van der Waals surface area contributed by atoms with Gasteiger partial charge in [-0.2, -0.15) is 0 Å². The van der Waals surface area contributed by atoms with E-state index in [0.29, 0.717) is 17.5 Å². The molecule has 0 aliphatic rings. The standard InChI is InChI=1S/C24H21N3/c1-16-10-4-7-13-19(16)22-25-23(20-14-8-5-11-17(20)2)27-24(26-22)21-15-9-6-12-18(21)3/h4-15H,1-3H3. The average Bonchev–Trinajstić information content (AvgIpc) is 2.69. The van der Waals surface area contributed by atoms with E-state index in [1.807, 2.05) is 36.4 Å². The fourth-order valence-corrected chi connectivity index (χ4v) is 3.21. The summed E-state index contributed by atoms with van der Waals surface area (Å²) in [6.45, 7) is 6.25. The third-order valence-corrected chi connectivity index (χ3v) is 4.79. The number of hydrogen-bond donors (Lipinski definition) is 0. The van der Waals surface area contributed by atoms with Gasteiger partial charge >= 0.3 is 0 Å². The first-order valence-corrected chi connectivity index (χ1v) is 9.07. The lowest BCUT2D eigenvalue weighted by atomic mass is 10.1. The summed E-state index contributed by atoms with van der Waals surface area (Å²) in [4.78, 5) is 14.5. The van der Waals surface area contributed by atoms with Gasteiger partial charge in [-0.15, -0.1) is 0 Å². The van der Waals surface area contributed by atoms with Crippen LogP contribution in [0.4, 0.5) is 0 Å². The number of hydrogen-bond acceptors (Lipinski definition) is 3. The summed E-state index contributed by atoms with van der Waals surface area (Å²) in [5.41, 5.74) is 6.54. The molecule has 0 atom stereocenters. The lowest BCUT2D eigenvalue weighted by molar-refractivity contribution is 1.06. The summed E-state index contributed by atoms with van der Waals surface area (Å²) >= 11 is 0. The lowest BCUT2D eigenvalue weighted by Crippen LogP contribution is -2.02. The molecule has 0 amide bonds. The van der Waals surface area contributed by atoms with Crippen LogP contribution in [0.15, 0.2) is 72.8 Å². The predicted molar refractivity (Wildman–Crippen MR) is 110 cm³/mol. The Morgan fingerprint density at radius 2 is 0.667 bits per heavy atom. The Bertz CT molecular complexity index is 962. The van der Waals surface area contributed by atoms with E-state index in [1.54, 1.807) is 0 Å². The van der Waals surface area contributed by atoms with E-state index in [0.717, 1.165) is 33.4 Å². The van der Waals surface area contributed by atoms with Crippen molar-refractivity contribution in [2.24, 2.45) is 0 Å². The van der Waals surface area contributed by atoms with Crippen LogP contribution in [0.1, 0.15) is 16.7 Å². The Kier molecular flexibility index (Phi) is 4.51. The van der Waals surface area contributed by atoms with Gasteiger partial charge in [0.05, 0.1) is 0 Å². The largest absolute Gasteiger partial charge is 0.208 e. The van der Waals surface area contributed by atoms with Gasteiger partial charge < -0.3 is 0 Å². The maximum absolute atomic E-state index is 4.83. The van der Waals surface area contributed by atoms with Gasteiger partial charge in [0.15, 0.2) is 17.5 Å². The zero-order chi connectivity index (χ0) is 18.8. The normalized spacial score (nSPS) is 10.8. The van der Waals surface area contributed by atoms with Crippen LogP contribution < -0.4 is 0 Å². The van der Waals surface area contributed by atoms with E-state index in [1.165, 1.54) is 0 Å². The van der Waals surface area contributed by atoms with Crippen molar-refractivity contribution in [3.8, 4) is 34.2 Å². The van der Waals surface area contributed by atoms with E-state index in [-0.39, 0.29) is 0 Å². The van der Waals surface area contributed by atoms with E-state index >= 15 is 0 Å². The van der Waals surface area contributed by atoms with Crippen molar-refractivity contribution >= 4 is 0 Å². The Morgan fingerprint density at radius 1 is 0.407 bits per heavy atom. The van der Waals surface area contributed by atoms with Crippen LogP contribution in [0.2, 0.25) is 0 Å². The Labute approximate surface area is 159 Å². The van der Waals surface area contributed by atoms with Crippen molar-refractivity contribution in [3.05, 3.63) is 89.5 Å². The molecular weight excluding hydrogens is 330 g/mol. The molecule has 0 saturated heterocycles. The second kappa shape index (κ2) is 7.12. The molecule has 1 aromatic heterocycles.